The van der Waals surface area contributed by atoms with E-state index < -0.39 is 6.10 Å². The first-order chi connectivity index (χ1) is 21.6. The van der Waals surface area contributed by atoms with E-state index in [1.165, 1.54) is 103 Å². The van der Waals surface area contributed by atoms with Crippen molar-refractivity contribution >= 4 is 11.9 Å². The van der Waals surface area contributed by atoms with Crippen molar-refractivity contribution in [1.29, 1.82) is 0 Å². The molecule has 258 valence electrons. The fourth-order valence-corrected chi connectivity index (χ4v) is 5.74. The average molecular weight is 623 g/mol. The van der Waals surface area contributed by atoms with Crippen LogP contribution < -0.4 is 0 Å². The average Bonchev–Trinajstić information content (AvgIpc) is 3.78. The summed E-state index contributed by atoms with van der Waals surface area (Å²) in [5.74, 6) is -0.607. The molecule has 0 aromatic heterocycles. The topological polar surface area (TPSA) is 85.4 Å². The molecule has 1 N–H and O–H groups in total. The molecule has 0 amide bonds. The van der Waals surface area contributed by atoms with Crippen LogP contribution >= 0.6 is 0 Å². The summed E-state index contributed by atoms with van der Waals surface area (Å²) in [6, 6.07) is 0. The number of aliphatic hydroxyl groups is 1. The van der Waals surface area contributed by atoms with E-state index in [9.17, 15) is 14.7 Å². The third-order valence-electron chi connectivity index (χ3n) is 8.73. The van der Waals surface area contributed by atoms with Crippen molar-refractivity contribution in [3.63, 3.8) is 0 Å². The van der Waals surface area contributed by atoms with Gasteiger partial charge in [0, 0.05) is 12.8 Å². The lowest BCUT2D eigenvalue weighted by Gasteiger charge is -2.15. The Kier molecular flexibility index (Phi) is 27.9. The molecule has 6 nitrogen and oxygen atoms in total. The Morgan fingerprint density at radius 3 is 1.70 bits per heavy atom. The van der Waals surface area contributed by atoms with Crippen LogP contribution in [0.5, 0.6) is 0 Å². The van der Waals surface area contributed by atoms with Gasteiger partial charge in [0.15, 0.2) is 6.10 Å². The van der Waals surface area contributed by atoms with E-state index in [2.05, 4.69) is 26.0 Å². The van der Waals surface area contributed by atoms with E-state index in [-0.39, 0.29) is 25.2 Å². The minimum Gasteiger partial charge on any atom is -0.462 e. The molecule has 1 fully saturated rings. The summed E-state index contributed by atoms with van der Waals surface area (Å²) in [5.41, 5.74) is 0. The number of aliphatic hydroxyl groups excluding tert-OH is 1. The zero-order valence-electron chi connectivity index (χ0n) is 28.9. The Hall–Kier alpha value is -1.40. The third kappa shape index (κ3) is 25.9. The quantitative estimate of drug-likeness (QED) is 0.0339. The smallest absolute Gasteiger partial charge is 0.306 e. The molecule has 1 saturated heterocycles. The monoisotopic (exact) mass is 623 g/mol. The van der Waals surface area contributed by atoms with Gasteiger partial charge in [-0.25, -0.2) is 0 Å². The van der Waals surface area contributed by atoms with E-state index in [0.717, 1.165) is 57.8 Å². The number of carbonyl (C=O) groups is 2. The Bertz CT molecular complexity index is 693. The Morgan fingerprint density at radius 1 is 0.636 bits per heavy atom. The minimum atomic E-state index is -0.777. The molecule has 0 aliphatic carbocycles. The molecule has 3 atom stereocenters. The predicted octanol–water partition coefficient (Wildman–Crippen LogP) is 10.3. The highest BCUT2D eigenvalue weighted by Crippen LogP contribution is 2.30. The van der Waals surface area contributed by atoms with Crippen molar-refractivity contribution in [2.24, 2.45) is 0 Å². The van der Waals surface area contributed by atoms with E-state index in [1.807, 2.05) is 0 Å². The van der Waals surface area contributed by atoms with Crippen LogP contribution in [0.4, 0.5) is 0 Å². The summed E-state index contributed by atoms with van der Waals surface area (Å²) in [6.45, 7) is 4.09. The van der Waals surface area contributed by atoms with Gasteiger partial charge in [0.1, 0.15) is 6.61 Å². The van der Waals surface area contributed by atoms with Crippen molar-refractivity contribution < 1.29 is 28.9 Å². The summed E-state index contributed by atoms with van der Waals surface area (Å²) in [4.78, 5) is 24.2. The van der Waals surface area contributed by atoms with Gasteiger partial charge in [-0.2, -0.15) is 0 Å². The van der Waals surface area contributed by atoms with Gasteiger partial charge in [0.05, 0.1) is 18.8 Å². The second-order valence-electron chi connectivity index (χ2n) is 13.0. The van der Waals surface area contributed by atoms with Gasteiger partial charge < -0.3 is 19.3 Å². The Labute approximate surface area is 271 Å². The maximum atomic E-state index is 12.2. The van der Waals surface area contributed by atoms with Crippen LogP contribution in [-0.4, -0.2) is 48.6 Å². The molecule has 2 unspecified atom stereocenters. The normalized spacial score (nSPS) is 16.8. The van der Waals surface area contributed by atoms with Crippen LogP contribution in [0, 0.1) is 0 Å². The van der Waals surface area contributed by atoms with Gasteiger partial charge >= 0.3 is 11.9 Å². The molecular weight excluding hydrogens is 552 g/mol. The van der Waals surface area contributed by atoms with Gasteiger partial charge in [0.25, 0.3) is 0 Å². The fraction of sp³-hybridized carbons (Fsp3) is 0.895. The maximum absolute atomic E-state index is 12.2. The summed E-state index contributed by atoms with van der Waals surface area (Å²) >= 11 is 0. The van der Waals surface area contributed by atoms with Gasteiger partial charge in [-0.1, -0.05) is 148 Å². The number of ether oxygens (including phenoxy) is 3. The summed E-state index contributed by atoms with van der Waals surface area (Å²) in [5, 5.41) is 9.54. The molecule has 1 heterocycles. The number of hydrogen-bond donors (Lipinski definition) is 1. The lowest BCUT2D eigenvalue weighted by molar-refractivity contribution is -0.161. The first-order valence-corrected chi connectivity index (χ1v) is 18.9. The lowest BCUT2D eigenvalue weighted by atomic mass is 10.0. The van der Waals surface area contributed by atoms with Gasteiger partial charge in [-0.05, 0) is 38.5 Å². The highest BCUT2D eigenvalue weighted by molar-refractivity contribution is 5.70. The van der Waals surface area contributed by atoms with Crippen molar-refractivity contribution in [3.05, 3.63) is 12.2 Å². The maximum Gasteiger partial charge on any atom is 0.306 e. The zero-order valence-corrected chi connectivity index (χ0v) is 28.9. The standard InChI is InChI=1S/C38H70O6/c1-3-5-7-9-11-12-13-14-15-16-17-18-22-26-30-37(40)42-33-34(32-39)43-38(41)31-27-23-19-21-25-29-36-35(44-36)28-24-20-10-8-6-4-2/h20,24,34-36,39H,3-19,21-23,25-33H2,1-2H3/b24-20-/t34-,35?,36?/m0/s1. The number of carbonyl (C=O) groups excluding carboxylic acids is 2. The van der Waals surface area contributed by atoms with Crippen LogP contribution in [0.3, 0.4) is 0 Å². The highest BCUT2D eigenvalue weighted by Gasteiger charge is 2.36. The van der Waals surface area contributed by atoms with Crippen molar-refractivity contribution in [1.82, 2.24) is 0 Å². The second kappa shape index (κ2) is 30.3. The summed E-state index contributed by atoms with van der Waals surface area (Å²) < 4.78 is 16.4. The van der Waals surface area contributed by atoms with E-state index >= 15 is 0 Å². The molecule has 44 heavy (non-hydrogen) atoms. The summed E-state index contributed by atoms with van der Waals surface area (Å²) in [6.07, 6.45) is 35.7. The van der Waals surface area contributed by atoms with Crippen LogP contribution in [-0.2, 0) is 23.8 Å². The molecule has 0 radical (unpaired) electrons. The van der Waals surface area contributed by atoms with Gasteiger partial charge in [-0.15, -0.1) is 0 Å². The number of esters is 2. The van der Waals surface area contributed by atoms with Gasteiger partial charge in [-0.3, -0.25) is 9.59 Å². The number of allylic oxidation sites excluding steroid dienone is 1. The molecule has 1 aliphatic rings. The molecule has 0 bridgehead atoms. The third-order valence-corrected chi connectivity index (χ3v) is 8.73. The van der Waals surface area contributed by atoms with E-state index in [1.54, 1.807) is 0 Å². The van der Waals surface area contributed by atoms with Crippen LogP contribution in [0.15, 0.2) is 12.2 Å². The van der Waals surface area contributed by atoms with Crippen LogP contribution in [0.25, 0.3) is 0 Å². The molecule has 1 aliphatic heterocycles. The van der Waals surface area contributed by atoms with Crippen LogP contribution in [0.2, 0.25) is 0 Å². The van der Waals surface area contributed by atoms with Gasteiger partial charge in [0.2, 0.25) is 0 Å². The largest absolute Gasteiger partial charge is 0.462 e. The molecule has 0 aromatic rings. The van der Waals surface area contributed by atoms with Crippen molar-refractivity contribution in [3.8, 4) is 0 Å². The van der Waals surface area contributed by atoms with Crippen molar-refractivity contribution in [2.75, 3.05) is 13.2 Å². The molecule has 1 rings (SSSR count). The molecular formula is C38H70O6. The zero-order chi connectivity index (χ0) is 31.9. The first-order valence-electron chi connectivity index (χ1n) is 18.9. The number of epoxide rings is 1. The van der Waals surface area contributed by atoms with E-state index in [4.69, 9.17) is 14.2 Å². The molecule has 0 spiro atoms. The molecule has 0 saturated carbocycles. The van der Waals surface area contributed by atoms with E-state index in [0.29, 0.717) is 25.0 Å². The second-order valence-corrected chi connectivity index (χ2v) is 13.0. The lowest BCUT2D eigenvalue weighted by Crippen LogP contribution is -2.28. The number of unbranched alkanes of at least 4 members (excludes halogenated alkanes) is 20. The predicted molar refractivity (Wildman–Crippen MR) is 182 cm³/mol. The van der Waals surface area contributed by atoms with Crippen LogP contribution in [0.1, 0.15) is 187 Å². The molecule has 6 heteroatoms. The number of rotatable bonds is 33. The fourth-order valence-electron chi connectivity index (χ4n) is 5.74. The Balaban J connectivity index is 1.89. The summed E-state index contributed by atoms with van der Waals surface area (Å²) in [7, 11) is 0. The SMILES string of the molecule is CCCCC/C=C\CC1OC1CCCCCCCC(=O)O[C@@H](CO)COC(=O)CCCCCCCCCCCCCCCC. The highest BCUT2D eigenvalue weighted by atomic mass is 16.6. The minimum absolute atomic E-state index is 0.0709. The first kappa shape index (κ1) is 40.6. The molecule has 0 aromatic carbocycles. The van der Waals surface area contributed by atoms with Crippen molar-refractivity contribution in [2.45, 2.75) is 206 Å². The Morgan fingerprint density at radius 2 is 1.14 bits per heavy atom. The number of hydrogen-bond acceptors (Lipinski definition) is 6.